The fourth-order valence-electron chi connectivity index (χ4n) is 1.90. The van der Waals surface area contributed by atoms with Gasteiger partial charge in [-0.2, -0.15) is 5.10 Å². The van der Waals surface area contributed by atoms with Crippen LogP contribution in [0.1, 0.15) is 15.9 Å². The minimum atomic E-state index is -0.492. The number of carbonyl (C=O) groups is 2. The molecule has 0 fully saturated rings. The second-order valence-electron chi connectivity index (χ2n) is 4.82. The third-order valence-electron chi connectivity index (χ3n) is 2.99. The number of amides is 2. The fraction of sp³-hybridized carbons (Fsp3) is 0.267. The predicted molar refractivity (Wildman–Crippen MR) is 78.7 cm³/mol. The highest BCUT2D eigenvalue weighted by molar-refractivity contribution is 5.96. The molecule has 116 valence electrons. The smallest absolute Gasteiger partial charge is 0.251 e. The van der Waals surface area contributed by atoms with Crippen LogP contribution in [-0.4, -0.2) is 34.7 Å². The van der Waals surface area contributed by atoms with Gasteiger partial charge in [-0.15, -0.1) is 0 Å². The second-order valence-corrected chi connectivity index (χ2v) is 4.82. The van der Waals surface area contributed by atoms with E-state index in [0.717, 1.165) is 11.6 Å². The zero-order valence-electron chi connectivity index (χ0n) is 12.2. The summed E-state index contributed by atoms with van der Waals surface area (Å²) in [5, 5.41) is 9.17. The van der Waals surface area contributed by atoms with Crippen molar-refractivity contribution in [2.45, 2.75) is 6.42 Å². The third kappa shape index (κ3) is 4.69. The van der Waals surface area contributed by atoms with E-state index < -0.39 is 11.7 Å². The summed E-state index contributed by atoms with van der Waals surface area (Å²) < 4.78 is 14.7. The van der Waals surface area contributed by atoms with E-state index in [1.165, 1.54) is 18.2 Å². The molecule has 1 heterocycles. The van der Waals surface area contributed by atoms with Crippen molar-refractivity contribution in [3.05, 3.63) is 53.6 Å². The summed E-state index contributed by atoms with van der Waals surface area (Å²) in [6.07, 6.45) is 4.27. The fourth-order valence-corrected chi connectivity index (χ4v) is 1.90. The van der Waals surface area contributed by atoms with Crippen LogP contribution in [0.3, 0.4) is 0 Å². The normalized spacial score (nSPS) is 10.3. The Morgan fingerprint density at radius 3 is 2.82 bits per heavy atom. The van der Waals surface area contributed by atoms with E-state index in [0.29, 0.717) is 13.0 Å². The van der Waals surface area contributed by atoms with Crippen LogP contribution in [-0.2, 0) is 18.3 Å². The first-order valence-electron chi connectivity index (χ1n) is 6.82. The molecule has 1 aromatic carbocycles. The lowest BCUT2D eigenvalue weighted by atomic mass is 10.2. The number of carbonyl (C=O) groups excluding carboxylic acids is 2. The maximum atomic E-state index is 13.0. The molecule has 1 aromatic heterocycles. The van der Waals surface area contributed by atoms with E-state index in [1.807, 2.05) is 13.2 Å². The lowest BCUT2D eigenvalue weighted by molar-refractivity contribution is -0.120. The Labute approximate surface area is 127 Å². The largest absolute Gasteiger partial charge is 0.354 e. The quantitative estimate of drug-likeness (QED) is 0.822. The van der Waals surface area contributed by atoms with Gasteiger partial charge in [0.25, 0.3) is 5.91 Å². The number of aromatic nitrogens is 2. The lowest BCUT2D eigenvalue weighted by Gasteiger charge is -2.06. The average molecular weight is 304 g/mol. The number of nitrogens with zero attached hydrogens (tertiary/aromatic N) is 2. The molecular weight excluding hydrogens is 287 g/mol. The van der Waals surface area contributed by atoms with Crippen molar-refractivity contribution in [1.29, 1.82) is 0 Å². The van der Waals surface area contributed by atoms with Gasteiger partial charge in [0.1, 0.15) is 5.82 Å². The molecule has 2 rings (SSSR count). The van der Waals surface area contributed by atoms with Crippen LogP contribution in [0, 0.1) is 5.82 Å². The molecule has 7 heteroatoms. The molecule has 6 nitrogen and oxygen atoms in total. The van der Waals surface area contributed by atoms with Gasteiger partial charge in [0.15, 0.2) is 0 Å². The summed E-state index contributed by atoms with van der Waals surface area (Å²) in [7, 11) is 1.82. The SMILES string of the molecule is Cn1cc(CCNC(=O)CNC(=O)c2cccc(F)c2)cn1. The van der Waals surface area contributed by atoms with E-state index >= 15 is 0 Å². The van der Waals surface area contributed by atoms with Crippen molar-refractivity contribution in [3.8, 4) is 0 Å². The van der Waals surface area contributed by atoms with Gasteiger partial charge in [0, 0.05) is 25.4 Å². The molecule has 0 radical (unpaired) electrons. The average Bonchev–Trinajstić information content (AvgIpc) is 2.90. The minimum Gasteiger partial charge on any atom is -0.354 e. The van der Waals surface area contributed by atoms with E-state index in [9.17, 15) is 14.0 Å². The first-order valence-corrected chi connectivity index (χ1v) is 6.82. The van der Waals surface area contributed by atoms with Crippen LogP contribution < -0.4 is 10.6 Å². The van der Waals surface area contributed by atoms with Crippen LogP contribution in [0.5, 0.6) is 0 Å². The van der Waals surface area contributed by atoms with Crippen molar-refractivity contribution in [3.63, 3.8) is 0 Å². The molecule has 0 unspecified atom stereocenters. The van der Waals surface area contributed by atoms with Gasteiger partial charge in [0.2, 0.25) is 5.91 Å². The third-order valence-corrected chi connectivity index (χ3v) is 2.99. The maximum Gasteiger partial charge on any atom is 0.251 e. The molecule has 0 bridgehead atoms. The van der Waals surface area contributed by atoms with E-state index in [1.54, 1.807) is 10.9 Å². The second kappa shape index (κ2) is 7.35. The van der Waals surface area contributed by atoms with Gasteiger partial charge in [-0.25, -0.2) is 4.39 Å². The molecule has 2 N–H and O–H groups in total. The molecule has 0 saturated heterocycles. The number of halogens is 1. The van der Waals surface area contributed by atoms with E-state index in [-0.39, 0.29) is 18.0 Å². The Hall–Kier alpha value is -2.70. The summed E-state index contributed by atoms with van der Waals surface area (Å²) in [6, 6.07) is 5.30. The molecule has 22 heavy (non-hydrogen) atoms. The highest BCUT2D eigenvalue weighted by atomic mass is 19.1. The standard InChI is InChI=1S/C15H17FN4O2/c1-20-10-11(8-19-20)5-6-17-14(21)9-18-15(22)12-3-2-4-13(16)7-12/h2-4,7-8,10H,5-6,9H2,1H3,(H,17,21)(H,18,22). The van der Waals surface area contributed by atoms with Crippen LogP contribution in [0.2, 0.25) is 0 Å². The van der Waals surface area contributed by atoms with Crippen LogP contribution >= 0.6 is 0 Å². The highest BCUT2D eigenvalue weighted by Crippen LogP contribution is 2.02. The Bertz CT molecular complexity index is 669. The van der Waals surface area contributed by atoms with Gasteiger partial charge in [-0.1, -0.05) is 6.07 Å². The Morgan fingerprint density at radius 2 is 2.14 bits per heavy atom. The highest BCUT2D eigenvalue weighted by Gasteiger charge is 2.08. The number of hydrogen-bond acceptors (Lipinski definition) is 3. The zero-order valence-corrected chi connectivity index (χ0v) is 12.2. The molecule has 2 amide bonds. The monoisotopic (exact) mass is 304 g/mol. The van der Waals surface area contributed by atoms with Gasteiger partial charge in [0.05, 0.1) is 12.7 Å². The summed E-state index contributed by atoms with van der Waals surface area (Å²) in [5.74, 6) is -1.27. The van der Waals surface area contributed by atoms with Crippen molar-refractivity contribution in [2.24, 2.45) is 7.05 Å². The van der Waals surface area contributed by atoms with Crippen LogP contribution in [0.4, 0.5) is 4.39 Å². The first-order chi connectivity index (χ1) is 10.5. The van der Waals surface area contributed by atoms with Crippen molar-refractivity contribution in [2.75, 3.05) is 13.1 Å². The van der Waals surface area contributed by atoms with Crippen molar-refractivity contribution >= 4 is 11.8 Å². The minimum absolute atomic E-state index is 0.150. The lowest BCUT2D eigenvalue weighted by Crippen LogP contribution is -2.37. The van der Waals surface area contributed by atoms with Gasteiger partial charge >= 0.3 is 0 Å². The Kier molecular flexibility index (Phi) is 5.24. The molecule has 2 aromatic rings. The summed E-state index contributed by atoms with van der Waals surface area (Å²) in [5.41, 5.74) is 1.20. The summed E-state index contributed by atoms with van der Waals surface area (Å²) >= 11 is 0. The molecule has 0 spiro atoms. The zero-order chi connectivity index (χ0) is 15.9. The molecular formula is C15H17FN4O2. The molecule has 0 atom stereocenters. The number of aryl methyl sites for hydroxylation is 1. The molecule has 0 aliphatic heterocycles. The van der Waals surface area contributed by atoms with Gasteiger partial charge < -0.3 is 10.6 Å². The van der Waals surface area contributed by atoms with E-state index in [4.69, 9.17) is 0 Å². The molecule has 0 aliphatic carbocycles. The maximum absolute atomic E-state index is 13.0. The molecule has 0 saturated carbocycles. The molecule has 0 aliphatic rings. The first kappa shape index (κ1) is 15.7. The topological polar surface area (TPSA) is 76.0 Å². The number of rotatable bonds is 6. The van der Waals surface area contributed by atoms with Crippen LogP contribution in [0.15, 0.2) is 36.7 Å². The van der Waals surface area contributed by atoms with Crippen LogP contribution in [0.25, 0.3) is 0 Å². The van der Waals surface area contributed by atoms with E-state index in [2.05, 4.69) is 15.7 Å². The summed E-state index contributed by atoms with van der Waals surface area (Å²) in [4.78, 5) is 23.4. The van der Waals surface area contributed by atoms with Crippen molar-refractivity contribution in [1.82, 2.24) is 20.4 Å². The Morgan fingerprint density at radius 1 is 1.32 bits per heavy atom. The summed E-state index contributed by atoms with van der Waals surface area (Å²) in [6.45, 7) is 0.308. The van der Waals surface area contributed by atoms with Crippen molar-refractivity contribution < 1.29 is 14.0 Å². The van der Waals surface area contributed by atoms with Gasteiger partial charge in [-0.3, -0.25) is 14.3 Å². The van der Waals surface area contributed by atoms with Gasteiger partial charge in [-0.05, 0) is 30.2 Å². The number of hydrogen-bond donors (Lipinski definition) is 2. The number of nitrogens with one attached hydrogen (secondary N) is 2. The number of benzene rings is 1. The Balaban J connectivity index is 1.70. The predicted octanol–water partition coefficient (Wildman–Crippen LogP) is 0.648.